The highest BCUT2D eigenvalue weighted by Gasteiger charge is 2.19. The molecule has 1 heterocycles. The van der Waals surface area contributed by atoms with E-state index in [1.165, 1.54) is 5.56 Å². The first kappa shape index (κ1) is 14.3. The third-order valence-electron chi connectivity index (χ3n) is 2.71. The fraction of sp³-hybridized carbons (Fsp3) is 0.455. The monoisotopic (exact) mass is 324 g/mol. The average molecular weight is 326 g/mol. The predicted molar refractivity (Wildman–Crippen MR) is 74.3 cm³/mol. The van der Waals surface area contributed by atoms with Crippen LogP contribution < -0.4 is 5.73 Å². The molecule has 1 aliphatic rings. The molecule has 0 unspecified atom stereocenters. The van der Waals surface area contributed by atoms with Crippen LogP contribution in [-0.4, -0.2) is 24.0 Å². The van der Waals surface area contributed by atoms with Crippen molar-refractivity contribution in [2.45, 2.75) is 19.0 Å². The molecular formula is C11H15BrCl2N2. The maximum absolute atomic E-state index is 5.97. The Labute approximate surface area is 116 Å². The second-order valence-electron chi connectivity index (χ2n) is 4.02. The molecule has 1 fully saturated rings. The highest BCUT2D eigenvalue weighted by molar-refractivity contribution is 9.10. The third-order valence-corrected chi connectivity index (χ3v) is 3.72. The molecule has 0 bridgehead atoms. The maximum atomic E-state index is 5.97. The van der Waals surface area contributed by atoms with Gasteiger partial charge in [-0.15, -0.1) is 12.4 Å². The molecule has 1 atom stereocenters. The number of hydrogen-bond donors (Lipinski definition) is 1. The molecule has 0 saturated carbocycles. The van der Waals surface area contributed by atoms with E-state index in [0.717, 1.165) is 35.6 Å². The van der Waals surface area contributed by atoms with E-state index in [4.69, 9.17) is 17.3 Å². The molecule has 0 radical (unpaired) electrons. The maximum Gasteiger partial charge on any atom is 0.0410 e. The van der Waals surface area contributed by atoms with E-state index < -0.39 is 0 Å². The number of halogens is 3. The van der Waals surface area contributed by atoms with Gasteiger partial charge < -0.3 is 5.73 Å². The summed E-state index contributed by atoms with van der Waals surface area (Å²) in [6.45, 7) is 2.99. The molecule has 0 spiro atoms. The van der Waals surface area contributed by atoms with Crippen LogP contribution >= 0.6 is 39.9 Å². The molecule has 2 rings (SSSR count). The van der Waals surface area contributed by atoms with Gasteiger partial charge in [0.2, 0.25) is 0 Å². The highest BCUT2D eigenvalue weighted by atomic mass is 79.9. The standard InChI is InChI=1S/C11H14BrClN2.ClH/c12-11-2-1-9(13)5-8(11)6-15-4-3-10(14)7-15;/h1-2,5,10H,3-4,6-7,14H2;1H/t10-;/m1./s1. The third kappa shape index (κ3) is 3.60. The molecular weight excluding hydrogens is 311 g/mol. The minimum absolute atomic E-state index is 0. The fourth-order valence-electron chi connectivity index (χ4n) is 1.91. The fourth-order valence-corrected chi connectivity index (χ4v) is 2.48. The van der Waals surface area contributed by atoms with Crippen LogP contribution in [-0.2, 0) is 6.54 Å². The van der Waals surface area contributed by atoms with E-state index in [-0.39, 0.29) is 12.4 Å². The summed E-state index contributed by atoms with van der Waals surface area (Å²) in [4.78, 5) is 2.36. The van der Waals surface area contributed by atoms with E-state index in [2.05, 4.69) is 20.8 Å². The van der Waals surface area contributed by atoms with Crippen LogP contribution in [0.3, 0.4) is 0 Å². The summed E-state index contributed by atoms with van der Waals surface area (Å²) in [6, 6.07) is 6.23. The van der Waals surface area contributed by atoms with E-state index in [1.807, 2.05) is 18.2 Å². The Bertz CT molecular complexity index is 360. The van der Waals surface area contributed by atoms with Crippen LogP contribution in [0.15, 0.2) is 22.7 Å². The normalized spacial score (nSPS) is 20.8. The summed E-state index contributed by atoms with van der Waals surface area (Å²) in [5, 5.41) is 0.789. The van der Waals surface area contributed by atoms with E-state index in [1.54, 1.807) is 0 Å². The SMILES string of the molecule is Cl.N[C@@H]1CCN(Cc2cc(Cl)ccc2Br)C1. The molecule has 2 nitrogen and oxygen atoms in total. The first-order valence-electron chi connectivity index (χ1n) is 5.07. The lowest BCUT2D eigenvalue weighted by Crippen LogP contribution is -2.26. The lowest BCUT2D eigenvalue weighted by atomic mass is 10.2. The number of benzene rings is 1. The van der Waals surface area contributed by atoms with Crippen LogP contribution in [0.5, 0.6) is 0 Å². The van der Waals surface area contributed by atoms with Crippen LogP contribution in [0.25, 0.3) is 0 Å². The van der Waals surface area contributed by atoms with Gasteiger partial charge in [0.25, 0.3) is 0 Å². The van der Waals surface area contributed by atoms with E-state index in [0.29, 0.717) is 6.04 Å². The Morgan fingerprint density at radius 1 is 1.50 bits per heavy atom. The second kappa shape index (κ2) is 6.22. The molecule has 1 aromatic carbocycles. The largest absolute Gasteiger partial charge is 0.326 e. The van der Waals surface area contributed by atoms with Gasteiger partial charge >= 0.3 is 0 Å². The molecule has 0 aromatic heterocycles. The summed E-state index contributed by atoms with van der Waals surface area (Å²) in [5.74, 6) is 0. The van der Waals surface area contributed by atoms with Gasteiger partial charge in [0, 0.05) is 35.2 Å². The minimum atomic E-state index is 0. The molecule has 1 saturated heterocycles. The average Bonchev–Trinajstić information content (AvgIpc) is 2.58. The van der Waals surface area contributed by atoms with Crippen molar-refractivity contribution in [1.82, 2.24) is 4.90 Å². The van der Waals surface area contributed by atoms with E-state index in [9.17, 15) is 0 Å². The second-order valence-corrected chi connectivity index (χ2v) is 5.31. The van der Waals surface area contributed by atoms with Crippen LogP contribution in [0.2, 0.25) is 5.02 Å². The van der Waals surface area contributed by atoms with Gasteiger partial charge in [0.05, 0.1) is 0 Å². The zero-order valence-corrected chi connectivity index (χ0v) is 12.0. The summed E-state index contributed by atoms with van der Waals surface area (Å²) >= 11 is 9.50. The highest BCUT2D eigenvalue weighted by Crippen LogP contribution is 2.23. The van der Waals surface area contributed by atoms with Gasteiger partial charge in [-0.3, -0.25) is 4.90 Å². The molecule has 16 heavy (non-hydrogen) atoms. The summed E-state index contributed by atoms with van der Waals surface area (Å²) in [7, 11) is 0. The summed E-state index contributed by atoms with van der Waals surface area (Å²) in [5.41, 5.74) is 7.10. The van der Waals surface area contributed by atoms with Crippen LogP contribution in [0.4, 0.5) is 0 Å². The zero-order valence-electron chi connectivity index (χ0n) is 8.83. The number of nitrogens with two attached hydrogens (primary N) is 1. The summed E-state index contributed by atoms with van der Waals surface area (Å²) < 4.78 is 1.12. The first-order chi connectivity index (χ1) is 7.15. The van der Waals surface area contributed by atoms with Crippen molar-refractivity contribution in [3.05, 3.63) is 33.3 Å². The van der Waals surface area contributed by atoms with Gasteiger partial charge in [-0.2, -0.15) is 0 Å². The molecule has 5 heteroatoms. The van der Waals surface area contributed by atoms with Gasteiger partial charge in [0.1, 0.15) is 0 Å². The Kier molecular flexibility index (Phi) is 5.54. The molecule has 1 aliphatic heterocycles. The number of rotatable bonds is 2. The van der Waals surface area contributed by atoms with Crippen molar-refractivity contribution < 1.29 is 0 Å². The van der Waals surface area contributed by atoms with Crippen molar-refractivity contribution in [2.24, 2.45) is 5.73 Å². The van der Waals surface area contributed by atoms with Crippen molar-refractivity contribution in [1.29, 1.82) is 0 Å². The van der Waals surface area contributed by atoms with Crippen molar-refractivity contribution >= 4 is 39.9 Å². The van der Waals surface area contributed by atoms with Gasteiger partial charge in [-0.1, -0.05) is 27.5 Å². The smallest absolute Gasteiger partial charge is 0.0410 e. The number of hydrogen-bond acceptors (Lipinski definition) is 2. The zero-order chi connectivity index (χ0) is 10.8. The lowest BCUT2D eigenvalue weighted by Gasteiger charge is -2.16. The van der Waals surface area contributed by atoms with Gasteiger partial charge in [-0.05, 0) is 30.2 Å². The van der Waals surface area contributed by atoms with Gasteiger partial charge in [0.15, 0.2) is 0 Å². The van der Waals surface area contributed by atoms with Crippen molar-refractivity contribution in [3.63, 3.8) is 0 Å². The molecule has 90 valence electrons. The topological polar surface area (TPSA) is 29.3 Å². The summed E-state index contributed by atoms with van der Waals surface area (Å²) in [6.07, 6.45) is 1.10. The van der Waals surface area contributed by atoms with Crippen molar-refractivity contribution in [3.8, 4) is 0 Å². The Morgan fingerprint density at radius 3 is 2.88 bits per heavy atom. The minimum Gasteiger partial charge on any atom is -0.326 e. The number of likely N-dealkylation sites (tertiary alicyclic amines) is 1. The molecule has 0 amide bonds. The van der Waals surface area contributed by atoms with Crippen molar-refractivity contribution in [2.75, 3.05) is 13.1 Å². The molecule has 2 N–H and O–H groups in total. The predicted octanol–water partition coefficient (Wildman–Crippen LogP) is 3.06. The Balaban J connectivity index is 0.00000128. The quantitative estimate of drug-likeness (QED) is 0.905. The lowest BCUT2D eigenvalue weighted by molar-refractivity contribution is 0.326. The Morgan fingerprint density at radius 2 is 2.25 bits per heavy atom. The molecule has 1 aromatic rings. The molecule has 0 aliphatic carbocycles. The van der Waals surface area contributed by atoms with Crippen LogP contribution in [0, 0.1) is 0 Å². The number of nitrogens with zero attached hydrogens (tertiary/aromatic N) is 1. The van der Waals surface area contributed by atoms with Crippen LogP contribution in [0.1, 0.15) is 12.0 Å². The van der Waals surface area contributed by atoms with E-state index >= 15 is 0 Å². The Hall–Kier alpha value is 0.200. The first-order valence-corrected chi connectivity index (χ1v) is 6.24. The van der Waals surface area contributed by atoms with Gasteiger partial charge in [-0.25, -0.2) is 0 Å².